The van der Waals surface area contributed by atoms with Crippen LogP contribution in [-0.2, 0) is 12.8 Å². The molecule has 124 valence electrons. The van der Waals surface area contributed by atoms with E-state index in [-0.39, 0.29) is 5.50 Å². The standard InChI is InChI=1S/C17H21Cl2N3O/c1-9(2)12-7-15(21-22(3)17(12)19)23-16-11-6-4-5-10(11)14(20)8-13(16)18/h7-9,17H,4-6,20H2,1-3H3. The Balaban J connectivity index is 1.97. The zero-order valence-electron chi connectivity index (χ0n) is 13.6. The predicted octanol–water partition coefficient (Wildman–Crippen LogP) is 4.20. The lowest BCUT2D eigenvalue weighted by molar-refractivity contribution is 0.322. The maximum absolute atomic E-state index is 6.39. The maximum atomic E-state index is 6.39. The molecule has 1 heterocycles. The lowest BCUT2D eigenvalue weighted by atomic mass is 10.0. The fourth-order valence-corrected chi connectivity index (χ4v) is 3.74. The van der Waals surface area contributed by atoms with E-state index in [1.807, 2.05) is 13.1 Å². The molecule has 1 aromatic carbocycles. The highest BCUT2D eigenvalue weighted by atomic mass is 35.5. The van der Waals surface area contributed by atoms with Crippen molar-refractivity contribution in [3.63, 3.8) is 0 Å². The Hall–Kier alpha value is -1.39. The van der Waals surface area contributed by atoms with Gasteiger partial charge in [0.1, 0.15) is 5.50 Å². The third-order valence-electron chi connectivity index (χ3n) is 4.36. The van der Waals surface area contributed by atoms with Crippen LogP contribution in [0.5, 0.6) is 5.75 Å². The summed E-state index contributed by atoms with van der Waals surface area (Å²) in [4.78, 5) is 0. The quantitative estimate of drug-likeness (QED) is 0.492. The molecule has 1 aliphatic carbocycles. The van der Waals surface area contributed by atoms with E-state index in [2.05, 4.69) is 18.9 Å². The Kier molecular flexibility index (Phi) is 4.47. The minimum absolute atomic E-state index is 0.255. The second kappa shape index (κ2) is 6.25. The number of benzene rings is 1. The van der Waals surface area contributed by atoms with Gasteiger partial charge in [-0.2, -0.15) is 0 Å². The molecule has 6 heteroatoms. The van der Waals surface area contributed by atoms with Crippen molar-refractivity contribution in [2.24, 2.45) is 11.0 Å². The van der Waals surface area contributed by atoms with E-state index in [0.29, 0.717) is 22.6 Å². The lowest BCUT2D eigenvalue weighted by Gasteiger charge is -2.29. The number of fused-ring (bicyclic) bond motifs is 1. The highest BCUT2D eigenvalue weighted by Gasteiger charge is 2.27. The van der Waals surface area contributed by atoms with Crippen LogP contribution in [0.1, 0.15) is 31.4 Å². The molecule has 4 nitrogen and oxygen atoms in total. The van der Waals surface area contributed by atoms with Gasteiger partial charge in [0, 0.05) is 24.4 Å². The molecule has 1 unspecified atom stereocenters. The fourth-order valence-electron chi connectivity index (χ4n) is 3.11. The van der Waals surface area contributed by atoms with Gasteiger partial charge in [-0.05, 0) is 42.4 Å². The van der Waals surface area contributed by atoms with Crippen LogP contribution in [0.2, 0.25) is 5.02 Å². The van der Waals surface area contributed by atoms with Crippen LogP contribution in [0.25, 0.3) is 0 Å². The average Bonchev–Trinajstić information content (AvgIpc) is 2.96. The number of nitrogens with zero attached hydrogens (tertiary/aromatic N) is 2. The summed E-state index contributed by atoms with van der Waals surface area (Å²) in [5.74, 6) is 1.49. The number of rotatable bonds is 2. The number of anilines is 1. The summed E-state index contributed by atoms with van der Waals surface area (Å²) in [5.41, 5.74) is 9.89. The van der Waals surface area contributed by atoms with E-state index in [1.165, 1.54) is 0 Å². The lowest BCUT2D eigenvalue weighted by Crippen LogP contribution is -2.32. The average molecular weight is 354 g/mol. The van der Waals surface area contributed by atoms with E-state index >= 15 is 0 Å². The van der Waals surface area contributed by atoms with E-state index < -0.39 is 0 Å². The summed E-state index contributed by atoms with van der Waals surface area (Å²) in [6, 6.07) is 1.77. The summed E-state index contributed by atoms with van der Waals surface area (Å²) < 4.78 is 6.07. The Morgan fingerprint density at radius 2 is 2.04 bits per heavy atom. The molecule has 0 saturated carbocycles. The first-order chi connectivity index (χ1) is 10.9. The van der Waals surface area contributed by atoms with Gasteiger partial charge in [-0.3, -0.25) is 5.01 Å². The van der Waals surface area contributed by atoms with Gasteiger partial charge in [0.2, 0.25) is 5.90 Å². The summed E-state index contributed by atoms with van der Waals surface area (Å²) in [5, 5.41) is 6.64. The topological polar surface area (TPSA) is 50.9 Å². The third kappa shape index (κ3) is 3.02. The molecule has 0 fully saturated rings. The smallest absolute Gasteiger partial charge is 0.236 e. The number of hydrogen-bond donors (Lipinski definition) is 1. The van der Waals surface area contributed by atoms with E-state index in [4.69, 9.17) is 33.7 Å². The van der Waals surface area contributed by atoms with E-state index in [1.54, 1.807) is 11.1 Å². The fraction of sp³-hybridized carbons (Fsp3) is 0.471. The number of nitrogen functional groups attached to an aromatic ring is 1. The second-order valence-electron chi connectivity index (χ2n) is 6.34. The first kappa shape index (κ1) is 16.5. The Morgan fingerprint density at radius 1 is 1.35 bits per heavy atom. The highest BCUT2D eigenvalue weighted by Crippen LogP contribution is 2.40. The monoisotopic (exact) mass is 353 g/mol. The summed E-state index contributed by atoms with van der Waals surface area (Å²) in [6.07, 6.45) is 4.88. The molecule has 2 aliphatic rings. The molecule has 3 rings (SSSR count). The largest absolute Gasteiger partial charge is 0.436 e. The number of hydrogen-bond acceptors (Lipinski definition) is 4. The number of likely N-dealkylation sites (N-methyl/N-ethyl adjacent to an activating group) is 1. The molecule has 0 saturated heterocycles. The minimum Gasteiger partial charge on any atom is -0.436 e. The third-order valence-corrected chi connectivity index (χ3v) is 5.18. The molecular weight excluding hydrogens is 333 g/mol. The highest BCUT2D eigenvalue weighted by molar-refractivity contribution is 6.32. The van der Waals surface area contributed by atoms with Crippen LogP contribution in [-0.4, -0.2) is 23.5 Å². The Bertz CT molecular complexity index is 698. The molecule has 0 aromatic heterocycles. The summed E-state index contributed by atoms with van der Waals surface area (Å²) in [6.45, 7) is 4.21. The summed E-state index contributed by atoms with van der Waals surface area (Å²) in [7, 11) is 1.84. The van der Waals surface area contributed by atoms with Gasteiger partial charge in [0.25, 0.3) is 0 Å². The Morgan fingerprint density at radius 3 is 2.74 bits per heavy atom. The van der Waals surface area contributed by atoms with Crippen molar-refractivity contribution in [2.45, 2.75) is 38.6 Å². The predicted molar refractivity (Wildman–Crippen MR) is 96.3 cm³/mol. The van der Waals surface area contributed by atoms with Crippen LogP contribution < -0.4 is 10.5 Å². The molecule has 1 aliphatic heterocycles. The zero-order valence-corrected chi connectivity index (χ0v) is 15.1. The van der Waals surface area contributed by atoms with Crippen molar-refractivity contribution < 1.29 is 4.74 Å². The van der Waals surface area contributed by atoms with Crippen molar-refractivity contribution >= 4 is 34.8 Å². The van der Waals surface area contributed by atoms with Crippen molar-refractivity contribution in [1.29, 1.82) is 0 Å². The number of hydrazone groups is 1. The van der Waals surface area contributed by atoms with Crippen LogP contribution in [0.3, 0.4) is 0 Å². The number of ether oxygens (including phenoxy) is 1. The van der Waals surface area contributed by atoms with E-state index in [0.717, 1.165) is 41.6 Å². The van der Waals surface area contributed by atoms with Gasteiger partial charge in [0.15, 0.2) is 5.75 Å². The second-order valence-corrected chi connectivity index (χ2v) is 7.16. The molecular formula is C17H21Cl2N3O. The molecule has 1 aromatic rings. The first-order valence-electron chi connectivity index (χ1n) is 7.83. The number of alkyl halides is 1. The van der Waals surface area contributed by atoms with Crippen LogP contribution in [0.15, 0.2) is 22.8 Å². The number of halogens is 2. The molecule has 0 spiro atoms. The molecule has 23 heavy (non-hydrogen) atoms. The molecule has 0 radical (unpaired) electrons. The van der Waals surface area contributed by atoms with Crippen LogP contribution in [0.4, 0.5) is 5.69 Å². The minimum atomic E-state index is -0.255. The molecule has 0 bridgehead atoms. The van der Waals surface area contributed by atoms with E-state index in [9.17, 15) is 0 Å². The zero-order chi connectivity index (χ0) is 16.7. The van der Waals surface area contributed by atoms with Crippen molar-refractivity contribution in [3.05, 3.63) is 33.9 Å². The molecule has 1 atom stereocenters. The van der Waals surface area contributed by atoms with Gasteiger partial charge in [-0.15, -0.1) is 5.10 Å². The van der Waals surface area contributed by atoms with Crippen LogP contribution in [0, 0.1) is 5.92 Å². The van der Waals surface area contributed by atoms with Crippen molar-refractivity contribution in [3.8, 4) is 5.75 Å². The van der Waals surface area contributed by atoms with Crippen molar-refractivity contribution in [1.82, 2.24) is 5.01 Å². The van der Waals surface area contributed by atoms with Crippen molar-refractivity contribution in [2.75, 3.05) is 12.8 Å². The van der Waals surface area contributed by atoms with Gasteiger partial charge >= 0.3 is 0 Å². The Labute approximate surface area is 146 Å². The normalized spacial score (nSPS) is 20.4. The van der Waals surface area contributed by atoms with Gasteiger partial charge in [-0.1, -0.05) is 37.0 Å². The van der Waals surface area contributed by atoms with Gasteiger partial charge < -0.3 is 10.5 Å². The maximum Gasteiger partial charge on any atom is 0.236 e. The summed E-state index contributed by atoms with van der Waals surface area (Å²) >= 11 is 12.8. The molecule has 0 amide bonds. The number of nitrogens with two attached hydrogens (primary N) is 1. The SMILES string of the molecule is CC(C)C1=CC(Oc2c(Cl)cc(N)c3c2CCC3)=NN(C)C1Cl. The van der Waals surface area contributed by atoms with Gasteiger partial charge in [-0.25, -0.2) is 0 Å². The molecule has 2 N–H and O–H groups in total. The first-order valence-corrected chi connectivity index (χ1v) is 8.64. The van der Waals surface area contributed by atoms with Gasteiger partial charge in [0.05, 0.1) is 5.02 Å². The van der Waals surface area contributed by atoms with Crippen LogP contribution >= 0.6 is 23.2 Å².